The molecule has 2 rings (SSSR count). The minimum atomic E-state index is -0.656. The molecule has 1 aromatic rings. The number of hydrogen-bond donors (Lipinski definition) is 1. The van der Waals surface area contributed by atoms with Crippen LogP contribution >= 0.6 is 0 Å². The van der Waals surface area contributed by atoms with Crippen LogP contribution in [0, 0.1) is 5.82 Å². The first-order valence-corrected chi connectivity index (χ1v) is 7.93. The number of piperazine rings is 1. The highest BCUT2D eigenvalue weighted by molar-refractivity contribution is 5.88. The smallest absolute Gasteiger partial charge is 0.244 e. The quantitative estimate of drug-likeness (QED) is 0.874. The molecule has 1 fully saturated rings. The van der Waals surface area contributed by atoms with Gasteiger partial charge in [0, 0.05) is 33.5 Å². The number of rotatable bonds is 4. The topological polar surface area (TPSA) is 69.7 Å². The summed E-state index contributed by atoms with van der Waals surface area (Å²) in [5.41, 5.74) is 0.884. The lowest BCUT2D eigenvalue weighted by atomic mass is 10.1. The number of aryl methyl sites for hydroxylation is 1. The molecule has 0 bridgehead atoms. The van der Waals surface area contributed by atoms with Gasteiger partial charge >= 0.3 is 0 Å². The van der Waals surface area contributed by atoms with Gasteiger partial charge < -0.3 is 15.1 Å². The van der Waals surface area contributed by atoms with E-state index < -0.39 is 6.04 Å². The third-order valence-electron chi connectivity index (χ3n) is 4.23. The van der Waals surface area contributed by atoms with Crippen molar-refractivity contribution in [3.63, 3.8) is 0 Å². The summed E-state index contributed by atoms with van der Waals surface area (Å²) in [6.45, 7) is 2.37. The average Bonchev–Trinajstić information content (AvgIpc) is 2.59. The highest BCUT2D eigenvalue weighted by atomic mass is 19.1. The second-order valence-corrected chi connectivity index (χ2v) is 5.81. The summed E-state index contributed by atoms with van der Waals surface area (Å²) < 4.78 is 12.9. The first-order chi connectivity index (χ1) is 11.4. The molecule has 0 aliphatic carbocycles. The summed E-state index contributed by atoms with van der Waals surface area (Å²) in [6, 6.07) is 5.39. The molecule has 7 heteroatoms. The van der Waals surface area contributed by atoms with Gasteiger partial charge in [-0.3, -0.25) is 14.4 Å². The van der Waals surface area contributed by atoms with Crippen LogP contribution in [0.3, 0.4) is 0 Å². The molecule has 1 saturated heterocycles. The summed E-state index contributed by atoms with van der Waals surface area (Å²) in [5.74, 6) is -0.835. The van der Waals surface area contributed by atoms with E-state index in [2.05, 4.69) is 5.32 Å². The zero-order chi connectivity index (χ0) is 17.7. The minimum absolute atomic E-state index is 0.0727. The van der Waals surface area contributed by atoms with Crippen molar-refractivity contribution in [1.29, 1.82) is 0 Å². The zero-order valence-corrected chi connectivity index (χ0v) is 13.9. The lowest BCUT2D eigenvalue weighted by molar-refractivity contribution is -0.147. The molecule has 1 unspecified atom stereocenters. The van der Waals surface area contributed by atoms with Crippen molar-refractivity contribution >= 4 is 17.7 Å². The van der Waals surface area contributed by atoms with Gasteiger partial charge in [0.15, 0.2) is 0 Å². The summed E-state index contributed by atoms with van der Waals surface area (Å²) in [4.78, 5) is 39.1. The minimum Gasteiger partial charge on any atom is -0.357 e. The fourth-order valence-corrected chi connectivity index (χ4v) is 2.84. The first-order valence-electron chi connectivity index (χ1n) is 7.93. The van der Waals surface area contributed by atoms with E-state index in [4.69, 9.17) is 0 Å². The molecule has 6 nitrogen and oxygen atoms in total. The Morgan fingerprint density at radius 1 is 1.21 bits per heavy atom. The lowest BCUT2D eigenvalue weighted by Gasteiger charge is -2.40. The zero-order valence-electron chi connectivity index (χ0n) is 13.9. The standard InChI is InChI=1S/C17H22FN3O3/c1-12(22)21-10-9-20(11-15(21)17(24)19-2)16(23)8-5-13-3-6-14(18)7-4-13/h3-4,6-7,15H,5,8-11H2,1-2H3,(H,19,24). The maximum atomic E-state index is 12.9. The van der Waals surface area contributed by atoms with Crippen LogP contribution in [-0.2, 0) is 20.8 Å². The number of likely N-dealkylation sites (N-methyl/N-ethyl adjacent to an activating group) is 1. The average molecular weight is 335 g/mol. The highest BCUT2D eigenvalue weighted by Gasteiger charge is 2.34. The van der Waals surface area contributed by atoms with Crippen LogP contribution in [0.4, 0.5) is 4.39 Å². The Morgan fingerprint density at radius 2 is 1.88 bits per heavy atom. The third-order valence-corrected chi connectivity index (χ3v) is 4.23. The second kappa shape index (κ2) is 7.90. The molecule has 0 spiro atoms. The van der Waals surface area contributed by atoms with E-state index in [1.165, 1.54) is 31.0 Å². The Bertz CT molecular complexity index is 618. The van der Waals surface area contributed by atoms with Gasteiger partial charge in [0.2, 0.25) is 17.7 Å². The molecule has 1 N–H and O–H groups in total. The van der Waals surface area contributed by atoms with Gasteiger partial charge in [-0.25, -0.2) is 4.39 Å². The lowest BCUT2D eigenvalue weighted by Crippen LogP contribution is -2.60. The summed E-state index contributed by atoms with van der Waals surface area (Å²) in [5, 5.41) is 2.54. The molecule has 1 heterocycles. The molecule has 0 saturated carbocycles. The van der Waals surface area contributed by atoms with E-state index in [1.807, 2.05) is 0 Å². The van der Waals surface area contributed by atoms with E-state index in [1.54, 1.807) is 17.0 Å². The molecule has 1 aliphatic rings. The molecular formula is C17H22FN3O3. The Balaban J connectivity index is 1.96. The van der Waals surface area contributed by atoms with Crippen molar-refractivity contribution in [3.05, 3.63) is 35.6 Å². The largest absolute Gasteiger partial charge is 0.357 e. The summed E-state index contributed by atoms with van der Waals surface area (Å²) in [7, 11) is 1.51. The number of benzene rings is 1. The van der Waals surface area contributed by atoms with Crippen molar-refractivity contribution in [2.45, 2.75) is 25.8 Å². The Hall–Kier alpha value is -2.44. The molecule has 1 aromatic carbocycles. The number of carbonyl (C=O) groups excluding carboxylic acids is 3. The predicted octanol–water partition coefficient (Wildman–Crippen LogP) is 0.564. The number of halogens is 1. The molecule has 0 radical (unpaired) electrons. The predicted molar refractivity (Wildman–Crippen MR) is 86.5 cm³/mol. The Labute approximate surface area is 140 Å². The van der Waals surface area contributed by atoms with Crippen LogP contribution in [0.25, 0.3) is 0 Å². The monoisotopic (exact) mass is 335 g/mol. The SMILES string of the molecule is CNC(=O)C1CN(C(=O)CCc2ccc(F)cc2)CCN1C(C)=O. The van der Waals surface area contributed by atoms with Crippen LogP contribution < -0.4 is 5.32 Å². The van der Waals surface area contributed by atoms with E-state index in [0.717, 1.165) is 5.56 Å². The Morgan fingerprint density at radius 3 is 2.46 bits per heavy atom. The fraction of sp³-hybridized carbons (Fsp3) is 0.471. The number of carbonyl (C=O) groups is 3. The number of amides is 3. The number of nitrogens with zero attached hydrogens (tertiary/aromatic N) is 2. The van der Waals surface area contributed by atoms with Gasteiger partial charge in [-0.2, -0.15) is 0 Å². The number of nitrogens with one attached hydrogen (secondary N) is 1. The molecule has 1 aliphatic heterocycles. The van der Waals surface area contributed by atoms with Gasteiger partial charge in [0.05, 0.1) is 6.54 Å². The van der Waals surface area contributed by atoms with E-state index in [9.17, 15) is 18.8 Å². The van der Waals surface area contributed by atoms with Crippen molar-refractivity contribution in [2.24, 2.45) is 0 Å². The van der Waals surface area contributed by atoms with Gasteiger partial charge in [-0.15, -0.1) is 0 Å². The van der Waals surface area contributed by atoms with Crippen LogP contribution in [-0.4, -0.2) is 60.2 Å². The van der Waals surface area contributed by atoms with Crippen LogP contribution in [0.2, 0.25) is 0 Å². The van der Waals surface area contributed by atoms with Gasteiger partial charge in [-0.05, 0) is 24.1 Å². The fourth-order valence-electron chi connectivity index (χ4n) is 2.84. The van der Waals surface area contributed by atoms with Crippen molar-refractivity contribution in [1.82, 2.24) is 15.1 Å². The summed E-state index contributed by atoms with van der Waals surface area (Å²) in [6.07, 6.45) is 0.794. The summed E-state index contributed by atoms with van der Waals surface area (Å²) >= 11 is 0. The van der Waals surface area contributed by atoms with Gasteiger partial charge in [0.1, 0.15) is 11.9 Å². The van der Waals surface area contributed by atoms with Gasteiger partial charge in [0.25, 0.3) is 0 Å². The van der Waals surface area contributed by atoms with E-state index in [-0.39, 0.29) is 36.5 Å². The highest BCUT2D eigenvalue weighted by Crippen LogP contribution is 2.13. The maximum absolute atomic E-state index is 12.9. The van der Waals surface area contributed by atoms with Crippen molar-refractivity contribution < 1.29 is 18.8 Å². The van der Waals surface area contributed by atoms with Gasteiger partial charge in [-0.1, -0.05) is 12.1 Å². The second-order valence-electron chi connectivity index (χ2n) is 5.81. The van der Waals surface area contributed by atoms with Crippen LogP contribution in [0.1, 0.15) is 18.9 Å². The Kier molecular flexibility index (Phi) is 5.89. The third kappa shape index (κ3) is 4.31. The molecule has 0 aromatic heterocycles. The van der Waals surface area contributed by atoms with Crippen LogP contribution in [0.15, 0.2) is 24.3 Å². The molecule has 130 valence electrons. The molecule has 3 amide bonds. The van der Waals surface area contributed by atoms with Crippen LogP contribution in [0.5, 0.6) is 0 Å². The van der Waals surface area contributed by atoms with E-state index in [0.29, 0.717) is 19.5 Å². The molecule has 24 heavy (non-hydrogen) atoms. The maximum Gasteiger partial charge on any atom is 0.244 e. The van der Waals surface area contributed by atoms with E-state index >= 15 is 0 Å². The molecular weight excluding hydrogens is 313 g/mol. The number of hydrogen-bond acceptors (Lipinski definition) is 3. The van der Waals surface area contributed by atoms with Crippen molar-refractivity contribution in [3.8, 4) is 0 Å². The van der Waals surface area contributed by atoms with Crippen molar-refractivity contribution in [2.75, 3.05) is 26.7 Å². The molecule has 1 atom stereocenters. The first kappa shape index (κ1) is 17.9. The normalized spacial score (nSPS) is 17.5.